The smallest absolute Gasteiger partial charge is 0.348 e. The molecule has 0 atom stereocenters. The Labute approximate surface area is 219 Å². The highest BCUT2D eigenvalue weighted by Gasteiger charge is 2.42. The Balaban J connectivity index is 1.59. The lowest BCUT2D eigenvalue weighted by molar-refractivity contribution is 0.398. The molecular formula is C31H27N3O2S. The average molecular weight is 506 g/mol. The van der Waals surface area contributed by atoms with Crippen LogP contribution in [0.2, 0.25) is 0 Å². The molecule has 0 bridgehead atoms. The minimum Gasteiger partial charge on any atom is -0.422 e. The summed E-state index contributed by atoms with van der Waals surface area (Å²) >= 11 is 1.45. The van der Waals surface area contributed by atoms with Crippen LogP contribution in [0.4, 0.5) is 5.69 Å². The van der Waals surface area contributed by atoms with Crippen LogP contribution in [0.15, 0.2) is 51.7 Å². The minimum absolute atomic E-state index is 0.0417. The van der Waals surface area contributed by atoms with Crippen LogP contribution < -0.4 is 10.5 Å². The summed E-state index contributed by atoms with van der Waals surface area (Å²) in [6.45, 7) is 11.0. The maximum atomic E-state index is 13.7. The van der Waals surface area contributed by atoms with Gasteiger partial charge < -0.3 is 9.32 Å². The topological polar surface area (TPSA) is 70.1 Å². The predicted octanol–water partition coefficient (Wildman–Crippen LogP) is 7.26. The number of fused-ring (bicyclic) bond motifs is 5. The molecule has 0 N–H and O–H groups in total. The first kappa shape index (κ1) is 22.5. The zero-order valence-electron chi connectivity index (χ0n) is 21.4. The van der Waals surface area contributed by atoms with Crippen LogP contribution in [-0.4, -0.2) is 18.1 Å². The van der Waals surface area contributed by atoms with Crippen molar-refractivity contribution in [2.75, 3.05) is 18.0 Å². The fourth-order valence-electron chi connectivity index (χ4n) is 6.30. The van der Waals surface area contributed by atoms with Crippen molar-refractivity contribution in [1.82, 2.24) is 4.98 Å². The van der Waals surface area contributed by atoms with Gasteiger partial charge in [0.25, 0.3) is 0 Å². The van der Waals surface area contributed by atoms with Crippen molar-refractivity contribution in [1.29, 1.82) is 5.26 Å². The van der Waals surface area contributed by atoms with Gasteiger partial charge in [0.05, 0.1) is 15.8 Å². The van der Waals surface area contributed by atoms with E-state index in [9.17, 15) is 10.1 Å². The Bertz CT molecular complexity index is 1890. The standard InChI is InChI=1S/C31H27N3O2S/c1-30(2)11-13-34-14-12-31(3,4)24-25(34)21(30)15-19-20(16-32)23(29(35)36-26(19)24)28-33-22-10-9-17-7-5-6-8-18(17)27(22)37-28/h5-10,15H,11-14H2,1-4H3. The Morgan fingerprint density at radius 2 is 1.78 bits per heavy atom. The molecule has 0 aliphatic carbocycles. The van der Waals surface area contributed by atoms with E-state index in [1.807, 2.05) is 24.3 Å². The summed E-state index contributed by atoms with van der Waals surface area (Å²) in [5.74, 6) is 0. The van der Waals surface area contributed by atoms with Crippen molar-refractivity contribution < 1.29 is 4.42 Å². The zero-order valence-corrected chi connectivity index (χ0v) is 22.3. The number of nitriles is 1. The van der Waals surface area contributed by atoms with Crippen LogP contribution in [0.3, 0.4) is 0 Å². The molecule has 3 aromatic carbocycles. The monoisotopic (exact) mass is 505 g/mol. The average Bonchev–Trinajstić information content (AvgIpc) is 3.30. The molecule has 37 heavy (non-hydrogen) atoms. The third kappa shape index (κ3) is 3.07. The van der Waals surface area contributed by atoms with Gasteiger partial charge in [-0.05, 0) is 46.8 Å². The Hall–Kier alpha value is -3.69. The molecule has 0 spiro atoms. The highest BCUT2D eigenvalue weighted by molar-refractivity contribution is 7.22. The number of hydrogen-bond donors (Lipinski definition) is 0. The molecule has 5 nitrogen and oxygen atoms in total. The first-order chi connectivity index (χ1) is 17.7. The molecule has 4 heterocycles. The van der Waals surface area contributed by atoms with E-state index in [0.717, 1.165) is 57.9 Å². The Morgan fingerprint density at radius 1 is 1.03 bits per heavy atom. The number of aromatic nitrogens is 1. The van der Waals surface area contributed by atoms with Crippen molar-refractivity contribution in [2.45, 2.75) is 51.4 Å². The number of anilines is 1. The summed E-state index contributed by atoms with van der Waals surface area (Å²) in [6.07, 6.45) is 2.01. The highest BCUT2D eigenvalue weighted by Crippen LogP contribution is 2.52. The summed E-state index contributed by atoms with van der Waals surface area (Å²) in [5.41, 5.74) is 4.80. The molecule has 0 radical (unpaired) electrons. The van der Waals surface area contributed by atoms with Crippen molar-refractivity contribution >= 4 is 49.0 Å². The lowest BCUT2D eigenvalue weighted by Crippen LogP contribution is -2.44. The fourth-order valence-corrected chi connectivity index (χ4v) is 7.44. The number of benzene rings is 3. The molecule has 0 saturated carbocycles. The summed E-state index contributed by atoms with van der Waals surface area (Å²) in [6, 6.07) is 16.7. The second-order valence-corrected chi connectivity index (χ2v) is 12.7. The van der Waals surface area contributed by atoms with Gasteiger partial charge in [-0.15, -0.1) is 11.3 Å². The first-order valence-corrected chi connectivity index (χ1v) is 13.6. The van der Waals surface area contributed by atoms with Crippen LogP contribution in [0.5, 0.6) is 0 Å². The van der Waals surface area contributed by atoms with Gasteiger partial charge in [-0.25, -0.2) is 9.78 Å². The molecule has 184 valence electrons. The second-order valence-electron chi connectivity index (χ2n) is 11.7. The van der Waals surface area contributed by atoms with Gasteiger partial charge in [-0.1, -0.05) is 58.0 Å². The Kier molecular flexibility index (Phi) is 4.52. The van der Waals surface area contributed by atoms with Gasteiger partial charge >= 0.3 is 5.63 Å². The zero-order chi connectivity index (χ0) is 25.7. The lowest BCUT2D eigenvalue weighted by atomic mass is 9.69. The molecule has 5 aromatic rings. The maximum Gasteiger partial charge on any atom is 0.348 e. The summed E-state index contributed by atoms with van der Waals surface area (Å²) in [5, 5.41) is 13.9. The minimum atomic E-state index is -0.494. The third-order valence-corrected chi connectivity index (χ3v) is 9.63. The normalized spacial score (nSPS) is 17.8. The predicted molar refractivity (Wildman–Crippen MR) is 151 cm³/mol. The first-order valence-electron chi connectivity index (χ1n) is 12.8. The molecular weight excluding hydrogens is 478 g/mol. The summed E-state index contributed by atoms with van der Waals surface area (Å²) in [4.78, 5) is 20.9. The van der Waals surface area contributed by atoms with Crippen molar-refractivity contribution in [3.05, 3.63) is 69.6 Å². The number of thiazole rings is 1. The fraction of sp³-hybridized carbons (Fsp3) is 0.323. The van der Waals surface area contributed by atoms with Gasteiger partial charge in [0.1, 0.15) is 22.2 Å². The molecule has 2 aliphatic rings. The van der Waals surface area contributed by atoms with Gasteiger partial charge in [0.2, 0.25) is 0 Å². The number of rotatable bonds is 1. The quantitative estimate of drug-likeness (QED) is 0.224. The number of nitrogens with zero attached hydrogens (tertiary/aromatic N) is 3. The summed E-state index contributed by atoms with van der Waals surface area (Å²) in [7, 11) is 0. The molecule has 2 aliphatic heterocycles. The van der Waals surface area contributed by atoms with Gasteiger partial charge in [0, 0.05) is 35.1 Å². The van der Waals surface area contributed by atoms with E-state index in [1.165, 1.54) is 22.6 Å². The molecule has 7 rings (SSSR count). The molecule has 0 unspecified atom stereocenters. The van der Waals surface area contributed by atoms with Crippen molar-refractivity contribution in [3.8, 4) is 16.6 Å². The van der Waals surface area contributed by atoms with E-state index in [-0.39, 0.29) is 16.4 Å². The lowest BCUT2D eigenvalue weighted by Gasteiger charge is -2.48. The maximum absolute atomic E-state index is 13.7. The number of hydrogen-bond acceptors (Lipinski definition) is 6. The molecule has 6 heteroatoms. The van der Waals surface area contributed by atoms with Crippen LogP contribution in [0, 0.1) is 11.3 Å². The van der Waals surface area contributed by atoms with E-state index >= 15 is 0 Å². The van der Waals surface area contributed by atoms with Crippen molar-refractivity contribution in [3.63, 3.8) is 0 Å². The van der Waals surface area contributed by atoms with E-state index in [1.54, 1.807) is 0 Å². The van der Waals surface area contributed by atoms with Crippen LogP contribution in [-0.2, 0) is 10.8 Å². The van der Waals surface area contributed by atoms with Gasteiger partial charge in [-0.2, -0.15) is 5.26 Å². The van der Waals surface area contributed by atoms with E-state index in [0.29, 0.717) is 16.2 Å². The van der Waals surface area contributed by atoms with Crippen LogP contribution in [0.1, 0.15) is 57.2 Å². The van der Waals surface area contributed by atoms with Gasteiger partial charge in [0.15, 0.2) is 0 Å². The summed E-state index contributed by atoms with van der Waals surface area (Å²) < 4.78 is 7.19. The molecule has 0 fully saturated rings. The van der Waals surface area contributed by atoms with Crippen molar-refractivity contribution in [2.24, 2.45) is 0 Å². The third-order valence-electron chi connectivity index (χ3n) is 8.51. The van der Waals surface area contributed by atoms with E-state index < -0.39 is 5.63 Å². The molecule has 0 amide bonds. The van der Waals surface area contributed by atoms with Gasteiger partial charge in [-0.3, -0.25) is 0 Å². The van der Waals surface area contributed by atoms with Crippen LogP contribution >= 0.6 is 11.3 Å². The largest absolute Gasteiger partial charge is 0.422 e. The molecule has 2 aromatic heterocycles. The van der Waals surface area contributed by atoms with E-state index in [4.69, 9.17) is 9.40 Å². The second kappa shape index (κ2) is 7.43. The van der Waals surface area contributed by atoms with Crippen LogP contribution in [0.25, 0.3) is 42.5 Å². The Morgan fingerprint density at radius 3 is 2.57 bits per heavy atom. The highest BCUT2D eigenvalue weighted by atomic mass is 32.1. The molecule has 0 saturated heterocycles. The SMILES string of the molecule is CC1(C)CCN2CCC(C)(C)c3c2c1cc1c(C#N)c(-c2nc4ccc5ccccc5c4s2)c(=O)oc31. The van der Waals surface area contributed by atoms with E-state index in [2.05, 4.69) is 56.9 Å².